The lowest BCUT2D eigenvalue weighted by molar-refractivity contribution is 0.0659. The van der Waals surface area contributed by atoms with Crippen molar-refractivity contribution in [1.29, 1.82) is 0 Å². The minimum atomic E-state index is 0.871. The Labute approximate surface area is 93.8 Å². The molecule has 1 heterocycles. The molecule has 1 aliphatic carbocycles. The highest BCUT2D eigenvalue weighted by Gasteiger charge is 2.23. The third-order valence-corrected chi connectivity index (χ3v) is 4.22. The summed E-state index contributed by atoms with van der Waals surface area (Å²) in [5.41, 5.74) is 0. The van der Waals surface area contributed by atoms with Crippen LogP contribution in [0.1, 0.15) is 39.0 Å². The van der Waals surface area contributed by atoms with Crippen molar-refractivity contribution in [2.75, 3.05) is 26.3 Å². The van der Waals surface area contributed by atoms with Gasteiger partial charge in [-0.1, -0.05) is 19.8 Å². The topological polar surface area (TPSA) is 21.3 Å². The highest BCUT2D eigenvalue weighted by molar-refractivity contribution is 4.76. The van der Waals surface area contributed by atoms with Gasteiger partial charge in [0.05, 0.1) is 0 Å². The largest absolute Gasteiger partial charge is 0.381 e. The first-order valence-corrected chi connectivity index (χ1v) is 6.64. The van der Waals surface area contributed by atoms with Gasteiger partial charge in [-0.3, -0.25) is 0 Å². The van der Waals surface area contributed by atoms with E-state index in [4.69, 9.17) is 4.74 Å². The van der Waals surface area contributed by atoms with Gasteiger partial charge >= 0.3 is 0 Å². The van der Waals surface area contributed by atoms with Crippen LogP contribution in [-0.4, -0.2) is 26.3 Å². The molecule has 2 fully saturated rings. The molecule has 0 aromatic rings. The molecule has 1 saturated carbocycles. The Morgan fingerprint density at radius 3 is 2.53 bits per heavy atom. The molecule has 2 rings (SSSR count). The van der Waals surface area contributed by atoms with Gasteiger partial charge in [0.25, 0.3) is 0 Å². The first kappa shape index (κ1) is 11.4. The lowest BCUT2D eigenvalue weighted by Crippen LogP contribution is -2.31. The summed E-state index contributed by atoms with van der Waals surface area (Å²) in [6.07, 6.45) is 6.86. The molecule has 2 heteroatoms. The van der Waals surface area contributed by atoms with E-state index in [1.165, 1.54) is 45.2 Å². The molecule has 15 heavy (non-hydrogen) atoms. The summed E-state index contributed by atoms with van der Waals surface area (Å²) in [7, 11) is 0. The van der Waals surface area contributed by atoms with Crippen LogP contribution in [0.2, 0.25) is 0 Å². The van der Waals surface area contributed by atoms with Crippen molar-refractivity contribution >= 4 is 0 Å². The van der Waals surface area contributed by atoms with E-state index in [1.54, 1.807) is 0 Å². The number of nitrogens with one attached hydrogen (secondary N) is 1. The second-order valence-corrected chi connectivity index (χ2v) is 5.38. The van der Waals surface area contributed by atoms with Crippen molar-refractivity contribution in [3.8, 4) is 0 Å². The summed E-state index contributed by atoms with van der Waals surface area (Å²) in [5.74, 6) is 2.77. The minimum absolute atomic E-state index is 0.871. The molecule has 0 amide bonds. The molecule has 1 saturated heterocycles. The van der Waals surface area contributed by atoms with Crippen molar-refractivity contribution in [3.05, 3.63) is 0 Å². The predicted octanol–water partition coefficient (Wildman–Crippen LogP) is 2.44. The number of rotatable bonds is 4. The van der Waals surface area contributed by atoms with Gasteiger partial charge in [-0.15, -0.1) is 0 Å². The van der Waals surface area contributed by atoms with Crippen LogP contribution in [0.25, 0.3) is 0 Å². The normalized spacial score (nSPS) is 33.4. The standard InChI is InChI=1S/C13H25NO/c1-11-3-2-4-13(11)10-14-9-12-5-7-15-8-6-12/h11-14H,2-10H2,1H3. The number of ether oxygens (including phenoxy) is 1. The molecular weight excluding hydrogens is 186 g/mol. The van der Waals surface area contributed by atoms with E-state index in [9.17, 15) is 0 Å². The monoisotopic (exact) mass is 211 g/mol. The second-order valence-electron chi connectivity index (χ2n) is 5.38. The van der Waals surface area contributed by atoms with Gasteiger partial charge in [0, 0.05) is 13.2 Å². The average molecular weight is 211 g/mol. The molecule has 1 aliphatic heterocycles. The van der Waals surface area contributed by atoms with Gasteiger partial charge in [-0.25, -0.2) is 0 Å². The van der Waals surface area contributed by atoms with E-state index in [2.05, 4.69) is 12.2 Å². The van der Waals surface area contributed by atoms with Crippen LogP contribution in [0.15, 0.2) is 0 Å². The zero-order chi connectivity index (χ0) is 10.5. The third kappa shape index (κ3) is 3.46. The Morgan fingerprint density at radius 1 is 1.07 bits per heavy atom. The maximum Gasteiger partial charge on any atom is 0.0469 e. The van der Waals surface area contributed by atoms with Crippen LogP contribution < -0.4 is 5.32 Å². The summed E-state index contributed by atoms with van der Waals surface area (Å²) in [6.45, 7) is 6.83. The molecule has 2 nitrogen and oxygen atoms in total. The molecule has 2 atom stereocenters. The zero-order valence-electron chi connectivity index (χ0n) is 10.0. The third-order valence-electron chi connectivity index (χ3n) is 4.22. The Hall–Kier alpha value is -0.0800. The van der Waals surface area contributed by atoms with Gasteiger partial charge in [-0.2, -0.15) is 0 Å². The maximum atomic E-state index is 5.37. The van der Waals surface area contributed by atoms with Gasteiger partial charge < -0.3 is 10.1 Å². The van der Waals surface area contributed by atoms with Crippen molar-refractivity contribution in [1.82, 2.24) is 5.32 Å². The molecule has 0 spiro atoms. The SMILES string of the molecule is CC1CCCC1CNCC1CCOCC1. The molecule has 2 unspecified atom stereocenters. The quantitative estimate of drug-likeness (QED) is 0.771. The highest BCUT2D eigenvalue weighted by atomic mass is 16.5. The fourth-order valence-electron chi connectivity index (χ4n) is 2.95. The van der Waals surface area contributed by atoms with E-state index < -0.39 is 0 Å². The summed E-state index contributed by atoms with van der Waals surface area (Å²) in [6, 6.07) is 0. The van der Waals surface area contributed by atoms with Crippen molar-refractivity contribution in [2.24, 2.45) is 17.8 Å². The first-order chi connectivity index (χ1) is 7.36. The number of hydrogen-bond acceptors (Lipinski definition) is 2. The molecule has 0 radical (unpaired) electrons. The fourth-order valence-corrected chi connectivity index (χ4v) is 2.95. The van der Waals surface area contributed by atoms with Crippen LogP contribution in [-0.2, 0) is 4.74 Å². The zero-order valence-corrected chi connectivity index (χ0v) is 10.0. The summed E-state index contributed by atoms with van der Waals surface area (Å²) in [5, 5.41) is 3.67. The highest BCUT2D eigenvalue weighted by Crippen LogP contribution is 2.30. The van der Waals surface area contributed by atoms with E-state index in [-0.39, 0.29) is 0 Å². The molecule has 0 aromatic heterocycles. The summed E-state index contributed by atoms with van der Waals surface area (Å²) in [4.78, 5) is 0. The molecule has 1 N–H and O–H groups in total. The number of hydrogen-bond donors (Lipinski definition) is 1. The molecule has 88 valence electrons. The smallest absolute Gasteiger partial charge is 0.0469 e. The van der Waals surface area contributed by atoms with Gasteiger partial charge in [0.2, 0.25) is 0 Å². The molecular formula is C13H25NO. The van der Waals surface area contributed by atoms with Gasteiger partial charge in [0.15, 0.2) is 0 Å². The summed E-state index contributed by atoms with van der Waals surface area (Å²) >= 11 is 0. The Balaban J connectivity index is 1.57. The molecule has 0 aromatic carbocycles. The second kappa shape index (κ2) is 5.86. The van der Waals surface area contributed by atoms with E-state index >= 15 is 0 Å². The van der Waals surface area contributed by atoms with Gasteiger partial charge in [0.1, 0.15) is 0 Å². The summed E-state index contributed by atoms with van der Waals surface area (Å²) < 4.78 is 5.37. The molecule has 2 aliphatic rings. The lowest BCUT2D eigenvalue weighted by atomic mass is 9.97. The minimum Gasteiger partial charge on any atom is -0.381 e. The average Bonchev–Trinajstić information content (AvgIpc) is 2.66. The fraction of sp³-hybridized carbons (Fsp3) is 1.00. The Morgan fingerprint density at radius 2 is 1.87 bits per heavy atom. The van der Waals surface area contributed by atoms with Crippen LogP contribution in [0, 0.1) is 17.8 Å². The van der Waals surface area contributed by atoms with Crippen molar-refractivity contribution in [2.45, 2.75) is 39.0 Å². The van der Waals surface area contributed by atoms with Crippen LogP contribution in [0.5, 0.6) is 0 Å². The van der Waals surface area contributed by atoms with Crippen molar-refractivity contribution in [3.63, 3.8) is 0 Å². The van der Waals surface area contributed by atoms with Crippen LogP contribution in [0.4, 0.5) is 0 Å². The predicted molar refractivity (Wildman–Crippen MR) is 62.9 cm³/mol. The molecule has 0 bridgehead atoms. The van der Waals surface area contributed by atoms with E-state index in [0.717, 1.165) is 31.0 Å². The van der Waals surface area contributed by atoms with E-state index in [1.807, 2.05) is 0 Å². The van der Waals surface area contributed by atoms with Gasteiger partial charge in [-0.05, 0) is 50.1 Å². The van der Waals surface area contributed by atoms with Crippen molar-refractivity contribution < 1.29 is 4.74 Å². The first-order valence-electron chi connectivity index (χ1n) is 6.64. The Bertz CT molecular complexity index is 177. The maximum absolute atomic E-state index is 5.37. The van der Waals surface area contributed by atoms with Crippen LogP contribution in [0.3, 0.4) is 0 Å². The van der Waals surface area contributed by atoms with E-state index in [0.29, 0.717) is 0 Å². The van der Waals surface area contributed by atoms with Crippen LogP contribution >= 0.6 is 0 Å². The lowest BCUT2D eigenvalue weighted by Gasteiger charge is -2.23. The Kier molecular flexibility index (Phi) is 4.45.